The number of hydrogen-bond acceptors (Lipinski definition) is 6. The van der Waals surface area contributed by atoms with Gasteiger partial charge in [0.05, 0.1) is 12.6 Å². The molecule has 0 aliphatic carbocycles. The zero-order chi connectivity index (χ0) is 31.4. The van der Waals surface area contributed by atoms with Crippen LogP contribution < -0.4 is 16.0 Å². The highest BCUT2D eigenvalue weighted by atomic mass is 35.5. The first-order valence-electron chi connectivity index (χ1n) is 13.4. The van der Waals surface area contributed by atoms with E-state index >= 15 is 0 Å². The molecule has 0 saturated heterocycles. The van der Waals surface area contributed by atoms with E-state index in [-0.39, 0.29) is 5.91 Å². The minimum Gasteiger partial charge on any atom is -0.475 e. The minimum atomic E-state index is -5.08. The highest BCUT2D eigenvalue weighted by molar-refractivity contribution is 6.32. The Labute approximate surface area is 254 Å². The summed E-state index contributed by atoms with van der Waals surface area (Å²) in [4.78, 5) is 34.3. The van der Waals surface area contributed by atoms with Crippen molar-refractivity contribution in [2.75, 3.05) is 16.0 Å². The Hall–Kier alpha value is -5.10. The molecule has 3 aromatic carbocycles. The van der Waals surface area contributed by atoms with E-state index in [0.717, 1.165) is 57.6 Å². The molecule has 9 nitrogen and oxygen atoms in total. The van der Waals surface area contributed by atoms with Crippen molar-refractivity contribution < 1.29 is 27.9 Å². The quantitative estimate of drug-likeness (QED) is 0.142. The third-order valence-electron chi connectivity index (χ3n) is 6.86. The second kappa shape index (κ2) is 12.6. The Morgan fingerprint density at radius 3 is 2.52 bits per heavy atom. The molecule has 5 aromatic rings. The van der Waals surface area contributed by atoms with Crippen molar-refractivity contribution in [3.8, 4) is 0 Å². The van der Waals surface area contributed by atoms with E-state index in [1.165, 1.54) is 5.56 Å². The predicted octanol–water partition coefficient (Wildman–Crippen LogP) is 7.32. The zero-order valence-electron chi connectivity index (χ0n) is 23.2. The lowest BCUT2D eigenvalue weighted by molar-refractivity contribution is -0.192. The molecule has 6 bridgehead atoms. The number of halogens is 4. The number of aromatic nitrogens is 3. The fraction of sp³-hybridized carbons (Fsp3) is 0.161. The van der Waals surface area contributed by atoms with Crippen LogP contribution in [0.1, 0.15) is 22.4 Å². The number of hydrogen-bond donors (Lipinski definition) is 5. The lowest BCUT2D eigenvalue weighted by Crippen LogP contribution is -2.21. The standard InChI is InChI=1S/C29H25ClN6O.C2HF3O2/c1-17-23(22-7-2-3-8-26(22)32-17)15-27(37)35-25-12-11-21-14-19(25)10-9-18-5-4-6-20(13-18)34-29-31-16-24(30)28(33-21)36-29;3-2(4,5)1(6)7/h2-8,11-14,16,32H,9-10,15H2,1H3,(H,35,37)(H2,31,33,34,36);(H,6,7). The number of para-hydroxylation sites is 1. The first-order valence-corrected chi connectivity index (χ1v) is 13.8. The molecule has 0 fully saturated rings. The van der Waals surface area contributed by atoms with Gasteiger partial charge in [0.1, 0.15) is 5.02 Å². The largest absolute Gasteiger partial charge is 0.490 e. The Morgan fingerprint density at radius 1 is 1.00 bits per heavy atom. The summed E-state index contributed by atoms with van der Waals surface area (Å²) in [6.07, 6.45) is -1.66. The van der Waals surface area contributed by atoms with Crippen LogP contribution in [0.3, 0.4) is 0 Å². The first-order chi connectivity index (χ1) is 21.0. The van der Waals surface area contributed by atoms with Crippen LogP contribution in [0, 0.1) is 6.92 Å². The number of amides is 1. The number of aliphatic carboxylic acids is 1. The van der Waals surface area contributed by atoms with Crippen molar-refractivity contribution >= 4 is 63.2 Å². The zero-order valence-corrected chi connectivity index (χ0v) is 24.0. The van der Waals surface area contributed by atoms with Crippen molar-refractivity contribution in [3.05, 3.63) is 100 Å². The summed E-state index contributed by atoms with van der Waals surface area (Å²) in [5.74, 6) is -1.85. The molecule has 0 unspecified atom stereocenters. The van der Waals surface area contributed by atoms with E-state index in [1.54, 1.807) is 6.20 Å². The van der Waals surface area contributed by atoms with Gasteiger partial charge in [-0.15, -0.1) is 0 Å². The number of rotatable bonds is 3. The molecule has 1 aliphatic heterocycles. The van der Waals surface area contributed by atoms with Crippen molar-refractivity contribution in [2.45, 2.75) is 32.4 Å². The third-order valence-corrected chi connectivity index (χ3v) is 7.14. The smallest absolute Gasteiger partial charge is 0.475 e. The predicted molar refractivity (Wildman–Crippen MR) is 163 cm³/mol. The van der Waals surface area contributed by atoms with E-state index in [1.807, 2.05) is 61.5 Å². The number of nitrogens with one attached hydrogen (secondary N) is 4. The molecule has 0 atom stereocenters. The molecule has 6 rings (SSSR count). The summed E-state index contributed by atoms with van der Waals surface area (Å²) in [7, 11) is 0. The molecule has 3 heterocycles. The molecule has 1 amide bonds. The van der Waals surface area contributed by atoms with E-state index in [9.17, 15) is 18.0 Å². The number of nitrogens with zero attached hydrogens (tertiary/aromatic N) is 2. The Morgan fingerprint density at radius 2 is 1.75 bits per heavy atom. The lowest BCUT2D eigenvalue weighted by Gasteiger charge is -2.15. The molecule has 13 heteroatoms. The second-order valence-electron chi connectivity index (χ2n) is 10.0. The van der Waals surface area contributed by atoms with Crippen LogP contribution in [0.25, 0.3) is 10.9 Å². The molecule has 44 heavy (non-hydrogen) atoms. The Balaban J connectivity index is 0.000000493. The van der Waals surface area contributed by atoms with Crippen LogP contribution in [0.4, 0.5) is 42.0 Å². The number of carbonyl (C=O) groups is 2. The van der Waals surface area contributed by atoms with Crippen LogP contribution in [0.5, 0.6) is 0 Å². The average molecular weight is 623 g/mol. The van der Waals surface area contributed by atoms with Gasteiger partial charge in [-0.05, 0) is 72.9 Å². The van der Waals surface area contributed by atoms with E-state index in [4.69, 9.17) is 21.5 Å². The van der Waals surface area contributed by atoms with Gasteiger partial charge in [-0.1, -0.05) is 41.9 Å². The number of anilines is 5. The SMILES string of the molecule is Cc1[nH]c2ccccc2c1CC(=O)Nc1ccc2cc1CCc1cccc(c1)Nc1ncc(Cl)c(n1)N2.O=C(O)C(F)(F)F. The number of alkyl halides is 3. The van der Waals surface area contributed by atoms with Gasteiger partial charge in [-0.3, -0.25) is 4.79 Å². The van der Waals surface area contributed by atoms with Crippen LogP contribution in [0.2, 0.25) is 5.02 Å². The van der Waals surface area contributed by atoms with E-state index in [2.05, 4.69) is 43.0 Å². The molecule has 0 saturated carbocycles. The summed E-state index contributed by atoms with van der Waals surface area (Å²) in [6, 6.07) is 22.1. The van der Waals surface area contributed by atoms with Gasteiger partial charge < -0.3 is 26.0 Å². The number of H-pyrrole nitrogens is 1. The number of fused-ring (bicyclic) bond motifs is 7. The highest BCUT2D eigenvalue weighted by Gasteiger charge is 2.38. The molecule has 2 aromatic heterocycles. The summed E-state index contributed by atoms with van der Waals surface area (Å²) < 4.78 is 31.7. The number of benzene rings is 3. The molecule has 0 radical (unpaired) electrons. The van der Waals surface area contributed by atoms with Gasteiger partial charge in [0.2, 0.25) is 11.9 Å². The molecule has 5 N–H and O–H groups in total. The average Bonchev–Trinajstić information content (AvgIpc) is 3.29. The van der Waals surface area contributed by atoms with Gasteiger partial charge in [-0.25, -0.2) is 9.78 Å². The molecular weight excluding hydrogens is 597 g/mol. The normalized spacial score (nSPS) is 12.3. The van der Waals surface area contributed by atoms with Gasteiger partial charge in [0, 0.05) is 33.7 Å². The van der Waals surface area contributed by atoms with Gasteiger partial charge in [0.15, 0.2) is 5.82 Å². The highest BCUT2D eigenvalue weighted by Crippen LogP contribution is 2.30. The van der Waals surface area contributed by atoms with Crippen LogP contribution in [-0.2, 0) is 28.9 Å². The fourth-order valence-electron chi connectivity index (χ4n) is 4.78. The summed E-state index contributed by atoms with van der Waals surface area (Å²) >= 11 is 6.38. The third kappa shape index (κ3) is 7.27. The Bertz CT molecular complexity index is 1860. The van der Waals surface area contributed by atoms with Gasteiger partial charge in [-0.2, -0.15) is 18.2 Å². The van der Waals surface area contributed by atoms with Crippen molar-refractivity contribution in [2.24, 2.45) is 0 Å². The lowest BCUT2D eigenvalue weighted by atomic mass is 10.0. The summed E-state index contributed by atoms with van der Waals surface area (Å²) in [5, 5.41) is 18.3. The van der Waals surface area contributed by atoms with Crippen LogP contribution in [0.15, 0.2) is 72.9 Å². The van der Waals surface area contributed by atoms with Crippen molar-refractivity contribution in [1.29, 1.82) is 0 Å². The van der Waals surface area contributed by atoms with Crippen molar-refractivity contribution in [3.63, 3.8) is 0 Å². The number of aryl methyl sites for hydroxylation is 3. The van der Waals surface area contributed by atoms with Gasteiger partial charge >= 0.3 is 12.1 Å². The summed E-state index contributed by atoms with van der Waals surface area (Å²) in [5.41, 5.74) is 7.80. The number of aromatic amines is 1. The monoisotopic (exact) mass is 622 g/mol. The first kappa shape index (κ1) is 30.4. The number of carbonyl (C=O) groups excluding carboxylic acids is 1. The van der Waals surface area contributed by atoms with Crippen LogP contribution >= 0.6 is 11.6 Å². The molecular formula is C31H26ClF3N6O3. The number of carboxylic acid groups (broad SMARTS) is 1. The molecule has 0 spiro atoms. The van der Waals surface area contributed by atoms with E-state index < -0.39 is 12.1 Å². The maximum Gasteiger partial charge on any atom is 0.490 e. The number of carboxylic acids is 1. The van der Waals surface area contributed by atoms with E-state index in [0.29, 0.717) is 23.2 Å². The second-order valence-corrected chi connectivity index (χ2v) is 10.4. The molecule has 226 valence electrons. The minimum absolute atomic E-state index is 0.0533. The van der Waals surface area contributed by atoms with Gasteiger partial charge in [0.25, 0.3) is 0 Å². The maximum absolute atomic E-state index is 13.2. The molecule has 1 aliphatic rings. The fourth-order valence-corrected chi connectivity index (χ4v) is 4.92. The topological polar surface area (TPSA) is 132 Å². The van der Waals surface area contributed by atoms with Crippen LogP contribution in [-0.4, -0.2) is 38.1 Å². The van der Waals surface area contributed by atoms with Crippen molar-refractivity contribution in [1.82, 2.24) is 15.0 Å². The Kier molecular flexibility index (Phi) is 8.72. The summed E-state index contributed by atoms with van der Waals surface area (Å²) in [6.45, 7) is 2.01. The maximum atomic E-state index is 13.2.